The first kappa shape index (κ1) is 39.1. The zero-order chi connectivity index (χ0) is 39.3. The van der Waals surface area contributed by atoms with E-state index < -0.39 is 100 Å². The number of rotatable bonds is 9. The molecule has 1 aliphatic rings. The van der Waals surface area contributed by atoms with Crippen LogP contribution in [0.3, 0.4) is 0 Å². The number of benzene rings is 2. The number of fused-ring (bicyclic) bond motifs is 1. The Labute approximate surface area is 299 Å². The lowest BCUT2D eigenvalue weighted by molar-refractivity contribution is -0.146. The van der Waals surface area contributed by atoms with Gasteiger partial charge < -0.3 is 28.7 Å². The van der Waals surface area contributed by atoms with Gasteiger partial charge in [-0.15, -0.1) is 0 Å². The molecule has 53 heavy (non-hydrogen) atoms. The fourth-order valence-corrected chi connectivity index (χ4v) is 6.78. The highest BCUT2D eigenvalue weighted by molar-refractivity contribution is 7.92. The van der Waals surface area contributed by atoms with Crippen LogP contribution in [0.4, 0.5) is 28.0 Å². The van der Waals surface area contributed by atoms with E-state index in [4.69, 9.17) is 14.0 Å². The van der Waals surface area contributed by atoms with Crippen LogP contribution in [0.2, 0.25) is 0 Å². The van der Waals surface area contributed by atoms with Crippen molar-refractivity contribution in [1.29, 1.82) is 0 Å². The molecule has 4 aromatic rings. The Morgan fingerprint density at radius 3 is 2.28 bits per heavy atom. The normalized spacial score (nSPS) is 16.5. The molecule has 22 heteroatoms. The molecule has 1 N–H and O–H groups in total. The number of sulfone groups is 2. The van der Waals surface area contributed by atoms with E-state index in [-0.39, 0.29) is 23.9 Å². The highest BCUT2D eigenvalue weighted by Gasteiger charge is 2.42. The zero-order valence-corrected chi connectivity index (χ0v) is 30.4. The molecule has 2 amide bonds. The molecule has 3 heterocycles. The molecule has 2 aromatic carbocycles. The number of nitrogens with one attached hydrogen (secondary N) is 1. The molecule has 16 nitrogen and oxygen atoms in total. The molecule has 0 aliphatic carbocycles. The molecule has 286 valence electrons. The topological polar surface area (TPSA) is 214 Å². The van der Waals surface area contributed by atoms with Crippen LogP contribution in [0.5, 0.6) is 5.75 Å². The zero-order valence-electron chi connectivity index (χ0n) is 28.8. The number of hydrogen-bond donors (Lipinski definition) is 1. The number of anilines is 1. The van der Waals surface area contributed by atoms with Gasteiger partial charge in [-0.05, 0) is 64.4 Å². The van der Waals surface area contributed by atoms with Crippen LogP contribution in [-0.4, -0.2) is 72.8 Å². The number of halogens is 4. The predicted molar refractivity (Wildman–Crippen MR) is 174 cm³/mol. The average molecular weight is 789 g/mol. The van der Waals surface area contributed by atoms with Crippen LogP contribution < -0.4 is 15.0 Å². The van der Waals surface area contributed by atoms with Crippen LogP contribution in [-0.2, 0) is 53.3 Å². The first-order valence-corrected chi connectivity index (χ1v) is 18.9. The fraction of sp³-hybridized carbons (Fsp3) is 0.419. The van der Waals surface area contributed by atoms with Crippen molar-refractivity contribution in [2.24, 2.45) is 0 Å². The molecule has 0 bridgehead atoms. The van der Waals surface area contributed by atoms with Crippen molar-refractivity contribution in [1.82, 2.24) is 25.6 Å². The maximum absolute atomic E-state index is 15.7. The lowest BCUT2D eigenvalue weighted by Crippen LogP contribution is -2.51. The lowest BCUT2D eigenvalue weighted by Gasteiger charge is -2.27. The van der Waals surface area contributed by atoms with Crippen molar-refractivity contribution in [2.45, 2.75) is 75.2 Å². The Kier molecular flexibility index (Phi) is 10.1. The standard InChI is InChI=1S/C31H32F4N6O10S2/c1-29(2,3)49-28(43)36-20-15-53(46,47)22-12-19(32)18(24-38-27(51-39-24)30(4,5)52(6,44)45)11-21(22)41(25(20)42)13-16-7-9-17(10-8-16)48-14-23-37-26(40-50-23)31(33,34)35/h7-12,20H,13-15H2,1-6H3,(H,36,43)/t20-/m0/s1. The van der Waals surface area contributed by atoms with Crippen molar-refractivity contribution < 1.29 is 62.5 Å². The van der Waals surface area contributed by atoms with Crippen molar-refractivity contribution >= 4 is 37.4 Å². The monoisotopic (exact) mass is 788 g/mol. The molecule has 5 rings (SSSR count). The SMILES string of the molecule is CC(C)(C)OC(=O)N[C@H]1CS(=O)(=O)c2cc(F)c(-c3noc(C(C)(C)S(C)(=O)=O)n3)cc2N(Cc2ccc(OCc3nc(C(F)(F)F)no3)cc2)C1=O. The first-order valence-electron chi connectivity index (χ1n) is 15.4. The number of carbonyl (C=O) groups excluding carboxylic acids is 2. The van der Waals surface area contributed by atoms with Crippen LogP contribution in [0.1, 0.15) is 57.8 Å². The lowest BCUT2D eigenvalue weighted by atomic mass is 10.1. The summed E-state index contributed by atoms with van der Waals surface area (Å²) in [4.78, 5) is 34.5. The second kappa shape index (κ2) is 13.7. The number of carbonyl (C=O) groups is 2. The van der Waals surface area contributed by atoms with E-state index in [9.17, 15) is 39.6 Å². The van der Waals surface area contributed by atoms with Crippen LogP contribution >= 0.6 is 0 Å². The Bertz CT molecular complexity index is 2270. The van der Waals surface area contributed by atoms with E-state index in [2.05, 4.69) is 30.1 Å². The van der Waals surface area contributed by atoms with Crippen LogP contribution in [0.15, 0.2) is 50.3 Å². The molecule has 1 aliphatic heterocycles. The van der Waals surface area contributed by atoms with Gasteiger partial charge in [0, 0.05) is 6.26 Å². The predicted octanol–water partition coefficient (Wildman–Crippen LogP) is 4.35. The highest BCUT2D eigenvalue weighted by Crippen LogP contribution is 2.38. The van der Waals surface area contributed by atoms with Gasteiger partial charge in [0.25, 0.3) is 17.6 Å². The van der Waals surface area contributed by atoms with Gasteiger partial charge in [0.1, 0.15) is 28.0 Å². The van der Waals surface area contributed by atoms with Gasteiger partial charge in [-0.3, -0.25) is 4.79 Å². The summed E-state index contributed by atoms with van der Waals surface area (Å²) in [5, 5.41) is 8.85. The quantitative estimate of drug-likeness (QED) is 0.234. The number of ether oxygens (including phenoxy) is 2. The fourth-order valence-electron chi connectivity index (χ4n) is 4.76. The highest BCUT2D eigenvalue weighted by atomic mass is 32.2. The summed E-state index contributed by atoms with van der Waals surface area (Å²) in [6.07, 6.45) is -4.97. The molecular weight excluding hydrogens is 756 g/mol. The van der Waals surface area contributed by atoms with Gasteiger partial charge in [0.05, 0.1) is 28.4 Å². The third-order valence-electron chi connectivity index (χ3n) is 7.77. The minimum absolute atomic E-state index is 0.143. The summed E-state index contributed by atoms with van der Waals surface area (Å²) in [6, 6.07) is 5.65. The number of alkyl carbamates (subject to hydrolysis) is 1. The average Bonchev–Trinajstić information content (AvgIpc) is 3.71. The molecule has 1 atom stereocenters. The van der Waals surface area contributed by atoms with Gasteiger partial charge in [-0.25, -0.2) is 26.0 Å². The molecular formula is C31H32F4N6O10S2. The van der Waals surface area contributed by atoms with Crippen LogP contribution in [0, 0.1) is 5.82 Å². The van der Waals surface area contributed by atoms with Crippen molar-refractivity contribution in [2.75, 3.05) is 16.9 Å². The van der Waals surface area contributed by atoms with Crippen molar-refractivity contribution in [3.8, 4) is 17.1 Å². The smallest absolute Gasteiger partial charge is 0.455 e. The Balaban J connectivity index is 1.52. The molecule has 2 aromatic heterocycles. The number of nitrogens with zero attached hydrogens (tertiary/aromatic N) is 5. The van der Waals surface area contributed by atoms with Gasteiger partial charge in [0.2, 0.25) is 11.7 Å². The maximum Gasteiger partial charge on any atom is 0.455 e. The molecule has 0 fully saturated rings. The van der Waals surface area contributed by atoms with Gasteiger partial charge in [-0.2, -0.15) is 23.1 Å². The Hall–Kier alpha value is -5.12. The molecule has 0 unspecified atom stereocenters. The summed E-state index contributed by atoms with van der Waals surface area (Å²) < 4.78 is 125. The Morgan fingerprint density at radius 2 is 1.70 bits per heavy atom. The molecule has 0 spiro atoms. The third-order valence-corrected chi connectivity index (χ3v) is 11.6. The van der Waals surface area contributed by atoms with Gasteiger partial charge in [0.15, 0.2) is 26.3 Å². The molecule has 0 saturated heterocycles. The summed E-state index contributed by atoms with van der Waals surface area (Å²) in [6.45, 7) is 6.38. The second-order valence-corrected chi connectivity index (χ2v) is 17.9. The number of hydrogen-bond acceptors (Lipinski definition) is 14. The van der Waals surface area contributed by atoms with Gasteiger partial charge in [-0.1, -0.05) is 22.4 Å². The first-order chi connectivity index (χ1) is 24.4. The van der Waals surface area contributed by atoms with Gasteiger partial charge >= 0.3 is 12.3 Å². The third kappa shape index (κ3) is 8.58. The van der Waals surface area contributed by atoms with Crippen LogP contribution in [0.25, 0.3) is 11.4 Å². The minimum Gasteiger partial charge on any atom is -0.484 e. The summed E-state index contributed by atoms with van der Waals surface area (Å²) in [7, 11) is -8.31. The molecule has 0 radical (unpaired) electrons. The summed E-state index contributed by atoms with van der Waals surface area (Å²) in [5.74, 6) is -5.66. The second-order valence-electron chi connectivity index (χ2n) is 13.4. The van der Waals surface area contributed by atoms with E-state index in [1.807, 2.05) is 0 Å². The molecule has 0 saturated carbocycles. The van der Waals surface area contributed by atoms with E-state index in [1.165, 1.54) is 38.1 Å². The van der Waals surface area contributed by atoms with E-state index in [0.717, 1.165) is 17.2 Å². The van der Waals surface area contributed by atoms with E-state index in [1.54, 1.807) is 20.8 Å². The largest absolute Gasteiger partial charge is 0.484 e. The van der Waals surface area contributed by atoms with Crippen molar-refractivity contribution in [3.05, 3.63) is 65.4 Å². The number of amides is 2. The maximum atomic E-state index is 15.7. The Morgan fingerprint density at radius 1 is 1.04 bits per heavy atom. The summed E-state index contributed by atoms with van der Waals surface area (Å²) >= 11 is 0. The number of aromatic nitrogens is 4. The van der Waals surface area contributed by atoms with Crippen molar-refractivity contribution in [3.63, 3.8) is 0 Å². The number of alkyl halides is 3. The van der Waals surface area contributed by atoms with E-state index in [0.29, 0.717) is 11.6 Å². The summed E-state index contributed by atoms with van der Waals surface area (Å²) in [5.41, 5.74) is -1.42. The minimum atomic E-state index is -4.82. The van der Waals surface area contributed by atoms with E-state index >= 15 is 4.39 Å².